The zero-order valence-corrected chi connectivity index (χ0v) is 10.8. The van der Waals surface area contributed by atoms with E-state index in [4.69, 9.17) is 4.74 Å². The first kappa shape index (κ1) is 12.7. The van der Waals surface area contributed by atoms with Gasteiger partial charge in [-0.3, -0.25) is 4.90 Å². The van der Waals surface area contributed by atoms with E-state index in [1.807, 2.05) is 0 Å². The molecular weight excluding hydrogens is 234 g/mol. The Balaban J connectivity index is 2.18. The van der Waals surface area contributed by atoms with Crippen LogP contribution in [-0.2, 0) is 9.53 Å². The third-order valence-corrected chi connectivity index (χ3v) is 3.12. The Bertz CT molecular complexity index is 440. The number of carboxylic acids is 1. The molecule has 0 aromatic rings. The van der Waals surface area contributed by atoms with E-state index in [1.165, 1.54) is 4.90 Å². The van der Waals surface area contributed by atoms with Gasteiger partial charge in [0.2, 0.25) is 0 Å². The first-order valence-corrected chi connectivity index (χ1v) is 6.02. The molecule has 0 bridgehead atoms. The van der Waals surface area contributed by atoms with Crippen molar-refractivity contribution in [1.29, 1.82) is 0 Å². The normalized spacial score (nSPS) is 29.5. The lowest BCUT2D eigenvalue weighted by molar-refractivity contribution is -0.142. The summed E-state index contributed by atoms with van der Waals surface area (Å²) in [5.41, 5.74) is -0.627. The van der Waals surface area contributed by atoms with Crippen molar-refractivity contribution in [2.75, 3.05) is 0 Å². The van der Waals surface area contributed by atoms with Gasteiger partial charge in [0.25, 0.3) is 0 Å². The van der Waals surface area contributed by atoms with Gasteiger partial charge in [0.15, 0.2) is 0 Å². The van der Waals surface area contributed by atoms with Crippen molar-refractivity contribution in [2.24, 2.45) is 5.92 Å². The van der Waals surface area contributed by atoms with Crippen LogP contribution in [0.2, 0.25) is 0 Å². The second-order valence-corrected chi connectivity index (χ2v) is 5.68. The molecule has 1 heterocycles. The first-order chi connectivity index (χ1) is 8.29. The molecule has 1 N–H and O–H groups in total. The molecule has 5 nitrogen and oxygen atoms in total. The Labute approximate surface area is 106 Å². The fourth-order valence-electron chi connectivity index (χ4n) is 2.42. The number of aliphatic carboxylic acids is 1. The van der Waals surface area contributed by atoms with Crippen molar-refractivity contribution in [2.45, 2.75) is 51.3 Å². The number of amides is 1. The second kappa shape index (κ2) is 4.20. The molecule has 1 aliphatic heterocycles. The number of rotatable bonds is 1. The van der Waals surface area contributed by atoms with E-state index >= 15 is 0 Å². The number of nitrogens with zero attached hydrogens (tertiary/aromatic N) is 1. The minimum Gasteiger partial charge on any atom is -0.480 e. The number of likely N-dealkylation sites (tertiary alicyclic amines) is 1. The van der Waals surface area contributed by atoms with Crippen LogP contribution in [0.15, 0.2) is 0 Å². The Morgan fingerprint density at radius 3 is 2.61 bits per heavy atom. The topological polar surface area (TPSA) is 66.8 Å². The minimum atomic E-state index is -0.989. The SMILES string of the molecule is CC(C)(C)OC(=O)N1[C@@H]2CC#C[C@@H]2C[C@H]1C(=O)O. The molecule has 0 unspecified atom stereocenters. The Morgan fingerprint density at radius 2 is 2.06 bits per heavy atom. The van der Waals surface area contributed by atoms with E-state index in [0.717, 1.165) is 0 Å². The number of hydrogen-bond donors (Lipinski definition) is 1. The summed E-state index contributed by atoms with van der Waals surface area (Å²) in [6.07, 6.45) is 0.368. The van der Waals surface area contributed by atoms with Gasteiger partial charge in [-0.15, -0.1) is 5.92 Å². The molecule has 1 amide bonds. The zero-order chi connectivity index (χ0) is 13.5. The molecule has 5 heteroatoms. The maximum Gasteiger partial charge on any atom is 0.411 e. The van der Waals surface area contributed by atoms with Gasteiger partial charge in [-0.1, -0.05) is 5.92 Å². The van der Waals surface area contributed by atoms with Crippen LogP contribution in [0, 0.1) is 17.8 Å². The number of fused-ring (bicyclic) bond motifs is 1. The summed E-state index contributed by atoms with van der Waals surface area (Å²) in [4.78, 5) is 24.7. The summed E-state index contributed by atoms with van der Waals surface area (Å²) in [7, 11) is 0. The smallest absolute Gasteiger partial charge is 0.411 e. The van der Waals surface area contributed by atoms with E-state index in [9.17, 15) is 14.7 Å². The van der Waals surface area contributed by atoms with Crippen molar-refractivity contribution in [3.8, 4) is 11.8 Å². The highest BCUT2D eigenvalue weighted by molar-refractivity contribution is 5.81. The van der Waals surface area contributed by atoms with Gasteiger partial charge in [-0.25, -0.2) is 9.59 Å². The molecule has 2 rings (SSSR count). The van der Waals surface area contributed by atoms with Crippen molar-refractivity contribution in [3.05, 3.63) is 0 Å². The molecule has 0 spiro atoms. The first-order valence-electron chi connectivity index (χ1n) is 6.02. The van der Waals surface area contributed by atoms with Gasteiger partial charge in [-0.2, -0.15) is 0 Å². The van der Waals surface area contributed by atoms with Gasteiger partial charge in [0.1, 0.15) is 11.6 Å². The van der Waals surface area contributed by atoms with Crippen LogP contribution in [0.25, 0.3) is 0 Å². The summed E-state index contributed by atoms with van der Waals surface area (Å²) in [6.45, 7) is 5.29. The predicted octanol–water partition coefficient (Wildman–Crippen LogP) is 1.47. The lowest BCUT2D eigenvalue weighted by Gasteiger charge is -2.30. The largest absolute Gasteiger partial charge is 0.480 e. The summed E-state index contributed by atoms with van der Waals surface area (Å²) in [5.74, 6) is 4.91. The van der Waals surface area contributed by atoms with Gasteiger partial charge in [0, 0.05) is 12.3 Å². The average molecular weight is 251 g/mol. The van der Waals surface area contributed by atoms with Crippen molar-refractivity contribution >= 4 is 12.1 Å². The maximum atomic E-state index is 12.1. The van der Waals surface area contributed by atoms with Crippen molar-refractivity contribution in [3.63, 3.8) is 0 Å². The predicted molar refractivity (Wildman–Crippen MR) is 63.8 cm³/mol. The van der Waals surface area contributed by atoms with Gasteiger partial charge in [-0.05, 0) is 27.2 Å². The Kier molecular flexibility index (Phi) is 2.97. The summed E-state index contributed by atoms with van der Waals surface area (Å²) < 4.78 is 5.28. The lowest BCUT2D eigenvalue weighted by Crippen LogP contribution is -2.47. The molecule has 0 radical (unpaired) electrons. The van der Waals surface area contributed by atoms with Crippen molar-refractivity contribution < 1.29 is 19.4 Å². The number of ether oxygens (including phenoxy) is 1. The quantitative estimate of drug-likeness (QED) is 0.717. The van der Waals surface area contributed by atoms with E-state index in [0.29, 0.717) is 12.8 Å². The van der Waals surface area contributed by atoms with Gasteiger partial charge in [0.05, 0.1) is 6.04 Å². The van der Waals surface area contributed by atoms with Crippen LogP contribution < -0.4 is 0 Å². The highest BCUT2D eigenvalue weighted by Gasteiger charge is 2.49. The number of carbonyl (C=O) groups excluding carboxylic acids is 1. The number of carbonyl (C=O) groups is 2. The van der Waals surface area contributed by atoms with Crippen LogP contribution in [0.3, 0.4) is 0 Å². The Hall–Kier alpha value is -1.70. The molecule has 0 aromatic heterocycles. The fourth-order valence-corrected chi connectivity index (χ4v) is 2.42. The zero-order valence-electron chi connectivity index (χ0n) is 10.8. The molecule has 1 saturated heterocycles. The lowest BCUT2D eigenvalue weighted by atomic mass is 10.0. The molecular formula is C13H17NO4. The summed E-state index contributed by atoms with van der Waals surface area (Å²) in [5, 5.41) is 9.19. The van der Waals surface area contributed by atoms with Crippen LogP contribution in [-0.4, -0.2) is 39.8 Å². The molecule has 2 aliphatic rings. The molecule has 98 valence electrons. The van der Waals surface area contributed by atoms with Gasteiger partial charge >= 0.3 is 12.1 Å². The molecule has 3 atom stereocenters. The van der Waals surface area contributed by atoms with Crippen LogP contribution in [0.4, 0.5) is 4.79 Å². The summed E-state index contributed by atoms with van der Waals surface area (Å²) in [6, 6.07) is -0.981. The average Bonchev–Trinajstić information content (AvgIpc) is 2.70. The highest BCUT2D eigenvalue weighted by atomic mass is 16.6. The third-order valence-electron chi connectivity index (χ3n) is 3.12. The number of carboxylic acid groups (broad SMARTS) is 1. The fraction of sp³-hybridized carbons (Fsp3) is 0.692. The van der Waals surface area contributed by atoms with E-state index < -0.39 is 23.7 Å². The van der Waals surface area contributed by atoms with E-state index in [-0.39, 0.29) is 12.0 Å². The molecule has 18 heavy (non-hydrogen) atoms. The maximum absolute atomic E-state index is 12.1. The summed E-state index contributed by atoms with van der Waals surface area (Å²) >= 11 is 0. The third kappa shape index (κ3) is 2.28. The Morgan fingerprint density at radius 1 is 1.39 bits per heavy atom. The molecule has 0 saturated carbocycles. The van der Waals surface area contributed by atoms with Crippen LogP contribution >= 0.6 is 0 Å². The van der Waals surface area contributed by atoms with Crippen LogP contribution in [0.1, 0.15) is 33.6 Å². The minimum absolute atomic E-state index is 0.0291. The standard InChI is InChI=1S/C13H17NO4/c1-13(2,3)18-12(17)14-9-6-4-5-8(9)7-10(14)11(15)16/h8-10H,6-7H2,1-3H3,(H,15,16)/t8-,9-,10+/m1/s1. The second-order valence-electron chi connectivity index (χ2n) is 5.68. The molecule has 1 aliphatic carbocycles. The van der Waals surface area contributed by atoms with Crippen molar-refractivity contribution in [1.82, 2.24) is 4.90 Å². The van der Waals surface area contributed by atoms with E-state index in [1.54, 1.807) is 20.8 Å². The van der Waals surface area contributed by atoms with Gasteiger partial charge < -0.3 is 9.84 Å². The monoisotopic (exact) mass is 251 g/mol. The van der Waals surface area contributed by atoms with Crippen LogP contribution in [0.5, 0.6) is 0 Å². The highest BCUT2D eigenvalue weighted by Crippen LogP contribution is 2.35. The number of hydrogen-bond acceptors (Lipinski definition) is 3. The molecule has 0 aromatic carbocycles. The van der Waals surface area contributed by atoms with E-state index in [2.05, 4.69) is 11.8 Å². The molecule has 1 fully saturated rings.